The van der Waals surface area contributed by atoms with Crippen LogP contribution in [0.2, 0.25) is 0 Å². The highest BCUT2D eigenvalue weighted by atomic mass is 14.6. The maximum Gasteiger partial charge on any atom is -0.0218 e. The van der Waals surface area contributed by atoms with Crippen LogP contribution >= 0.6 is 0 Å². The molecule has 0 aromatic rings. The first-order chi connectivity index (χ1) is 12.1. The van der Waals surface area contributed by atoms with Gasteiger partial charge in [0.2, 0.25) is 0 Å². The molecule has 0 aromatic heterocycles. The summed E-state index contributed by atoms with van der Waals surface area (Å²) in [4.78, 5) is 0. The fourth-order valence-corrected chi connectivity index (χ4v) is 6.95. The summed E-state index contributed by atoms with van der Waals surface area (Å²) in [6.07, 6.45) is 15.4. The summed E-state index contributed by atoms with van der Waals surface area (Å²) in [5, 5.41) is 0. The summed E-state index contributed by atoms with van der Waals surface area (Å²) in [7, 11) is 0. The topological polar surface area (TPSA) is 0 Å². The average Bonchev–Trinajstić information content (AvgIpc) is 2.58. The first kappa shape index (κ1) is 24.0. The van der Waals surface area contributed by atoms with Crippen LogP contribution < -0.4 is 0 Å². The van der Waals surface area contributed by atoms with Crippen molar-refractivity contribution in [2.75, 3.05) is 0 Å². The van der Waals surface area contributed by atoms with Crippen molar-refractivity contribution in [1.82, 2.24) is 0 Å². The third-order valence-corrected chi connectivity index (χ3v) is 8.67. The van der Waals surface area contributed by atoms with Crippen LogP contribution in [0.3, 0.4) is 0 Å². The van der Waals surface area contributed by atoms with Gasteiger partial charge in [0.15, 0.2) is 0 Å². The Morgan fingerprint density at radius 2 is 1.46 bits per heavy atom. The Bertz CT molecular complexity index is 389. The van der Waals surface area contributed by atoms with Crippen LogP contribution in [0.15, 0.2) is 0 Å². The minimum Gasteiger partial charge on any atom is -0.0654 e. The van der Waals surface area contributed by atoms with E-state index in [1.807, 2.05) is 0 Å². The van der Waals surface area contributed by atoms with Gasteiger partial charge < -0.3 is 0 Å². The zero-order chi connectivity index (χ0) is 20.0. The molecular formula is C26H52. The SMILES string of the molecule is CCCC(C)C(CCC)C(CC)(CC)C1(C)CCC(C)(C)CCC(C)C1. The Morgan fingerprint density at radius 1 is 0.885 bits per heavy atom. The van der Waals surface area contributed by atoms with Crippen molar-refractivity contribution in [3.63, 3.8) is 0 Å². The molecule has 0 nitrogen and oxygen atoms in total. The molecule has 0 bridgehead atoms. The molecule has 1 aliphatic rings. The molecule has 0 spiro atoms. The van der Waals surface area contributed by atoms with Gasteiger partial charge in [0.05, 0.1) is 0 Å². The molecule has 1 fully saturated rings. The third-order valence-electron chi connectivity index (χ3n) is 8.67. The quantitative estimate of drug-likeness (QED) is 0.382. The van der Waals surface area contributed by atoms with Gasteiger partial charge in [-0.15, -0.1) is 0 Å². The Balaban J connectivity index is 3.34. The molecule has 0 saturated heterocycles. The molecule has 0 aliphatic heterocycles. The molecule has 0 heteroatoms. The van der Waals surface area contributed by atoms with E-state index in [2.05, 4.69) is 62.3 Å². The molecule has 1 aliphatic carbocycles. The van der Waals surface area contributed by atoms with Gasteiger partial charge in [0.1, 0.15) is 0 Å². The summed E-state index contributed by atoms with van der Waals surface area (Å²) in [6.45, 7) is 22.7. The van der Waals surface area contributed by atoms with Gasteiger partial charge >= 0.3 is 0 Å². The highest BCUT2D eigenvalue weighted by Crippen LogP contribution is 2.61. The molecule has 4 atom stereocenters. The van der Waals surface area contributed by atoms with Gasteiger partial charge in [-0.25, -0.2) is 0 Å². The Hall–Kier alpha value is 0. The van der Waals surface area contributed by atoms with Gasteiger partial charge in [-0.1, -0.05) is 88.0 Å². The smallest absolute Gasteiger partial charge is 0.0218 e. The van der Waals surface area contributed by atoms with E-state index in [0.717, 1.165) is 17.8 Å². The van der Waals surface area contributed by atoms with Crippen molar-refractivity contribution in [3.05, 3.63) is 0 Å². The van der Waals surface area contributed by atoms with Gasteiger partial charge in [-0.05, 0) is 78.9 Å². The van der Waals surface area contributed by atoms with E-state index in [1.54, 1.807) is 0 Å². The molecule has 26 heavy (non-hydrogen) atoms. The Morgan fingerprint density at radius 3 is 1.96 bits per heavy atom. The number of hydrogen-bond acceptors (Lipinski definition) is 0. The van der Waals surface area contributed by atoms with Crippen LogP contribution in [0.1, 0.15) is 133 Å². The van der Waals surface area contributed by atoms with Gasteiger partial charge in [-0.3, -0.25) is 0 Å². The lowest BCUT2D eigenvalue weighted by molar-refractivity contribution is -0.0787. The van der Waals surface area contributed by atoms with Crippen molar-refractivity contribution >= 4 is 0 Å². The van der Waals surface area contributed by atoms with Crippen LogP contribution in [-0.4, -0.2) is 0 Å². The summed E-state index contributed by atoms with van der Waals surface area (Å²) in [5.74, 6) is 2.63. The molecule has 4 unspecified atom stereocenters. The van der Waals surface area contributed by atoms with E-state index in [1.165, 1.54) is 70.6 Å². The second-order valence-electron chi connectivity index (χ2n) is 11.1. The molecule has 0 radical (unpaired) electrons. The number of hydrogen-bond donors (Lipinski definition) is 0. The van der Waals surface area contributed by atoms with Crippen LogP contribution in [-0.2, 0) is 0 Å². The predicted molar refractivity (Wildman–Crippen MR) is 120 cm³/mol. The van der Waals surface area contributed by atoms with Crippen molar-refractivity contribution in [3.8, 4) is 0 Å². The van der Waals surface area contributed by atoms with Crippen LogP contribution in [0, 0.1) is 34.0 Å². The van der Waals surface area contributed by atoms with Crippen molar-refractivity contribution in [2.45, 2.75) is 133 Å². The fourth-order valence-electron chi connectivity index (χ4n) is 6.95. The molecule has 156 valence electrons. The van der Waals surface area contributed by atoms with Crippen LogP contribution in [0.25, 0.3) is 0 Å². The van der Waals surface area contributed by atoms with Gasteiger partial charge in [0, 0.05) is 0 Å². The molecule has 0 N–H and O–H groups in total. The molecular weight excluding hydrogens is 312 g/mol. The van der Waals surface area contributed by atoms with E-state index in [9.17, 15) is 0 Å². The largest absolute Gasteiger partial charge is 0.0654 e. The zero-order valence-electron chi connectivity index (χ0n) is 20.0. The zero-order valence-corrected chi connectivity index (χ0v) is 20.0. The standard InChI is InChI=1S/C26H52/c1-10-14-22(6)23(15-11-2)26(12-3,13-4)25(9)19-18-24(7,8)17-16-21(5)20-25/h21-23H,10-20H2,1-9H3. The lowest BCUT2D eigenvalue weighted by Crippen LogP contribution is -2.49. The maximum absolute atomic E-state index is 2.71. The third kappa shape index (κ3) is 5.29. The second-order valence-corrected chi connectivity index (χ2v) is 11.1. The first-order valence-corrected chi connectivity index (χ1v) is 12.1. The normalized spacial score (nSPS) is 29.7. The van der Waals surface area contributed by atoms with Crippen molar-refractivity contribution < 1.29 is 0 Å². The van der Waals surface area contributed by atoms with Gasteiger partial charge in [-0.2, -0.15) is 0 Å². The van der Waals surface area contributed by atoms with E-state index in [0.29, 0.717) is 16.2 Å². The minimum atomic E-state index is 0.495. The summed E-state index contributed by atoms with van der Waals surface area (Å²) in [5.41, 5.74) is 1.53. The Kier molecular flexibility index (Phi) is 9.22. The summed E-state index contributed by atoms with van der Waals surface area (Å²) < 4.78 is 0. The van der Waals surface area contributed by atoms with Crippen molar-refractivity contribution in [1.29, 1.82) is 0 Å². The monoisotopic (exact) mass is 364 g/mol. The van der Waals surface area contributed by atoms with E-state index in [4.69, 9.17) is 0 Å². The van der Waals surface area contributed by atoms with E-state index >= 15 is 0 Å². The summed E-state index contributed by atoms with van der Waals surface area (Å²) in [6, 6.07) is 0. The molecule has 0 heterocycles. The first-order valence-electron chi connectivity index (χ1n) is 12.1. The fraction of sp³-hybridized carbons (Fsp3) is 1.00. The average molecular weight is 365 g/mol. The van der Waals surface area contributed by atoms with Crippen LogP contribution in [0.4, 0.5) is 0 Å². The van der Waals surface area contributed by atoms with Crippen LogP contribution in [0.5, 0.6) is 0 Å². The minimum absolute atomic E-state index is 0.495. The van der Waals surface area contributed by atoms with E-state index in [-0.39, 0.29) is 0 Å². The lowest BCUT2D eigenvalue weighted by atomic mass is 9.47. The van der Waals surface area contributed by atoms with E-state index < -0.39 is 0 Å². The predicted octanol–water partition coefficient (Wildman–Crippen LogP) is 9.28. The molecule has 0 amide bonds. The molecule has 1 rings (SSSR count). The Labute approximate surface area is 167 Å². The maximum atomic E-state index is 2.71. The van der Waals surface area contributed by atoms with Gasteiger partial charge in [0.25, 0.3) is 0 Å². The lowest BCUT2D eigenvalue weighted by Gasteiger charge is -2.57. The second kappa shape index (κ2) is 9.97. The van der Waals surface area contributed by atoms with Crippen molar-refractivity contribution in [2.24, 2.45) is 34.0 Å². The number of rotatable bonds is 9. The molecule has 1 saturated carbocycles. The summed E-state index contributed by atoms with van der Waals surface area (Å²) >= 11 is 0. The highest BCUT2D eigenvalue weighted by molar-refractivity contribution is 5.01. The highest BCUT2D eigenvalue weighted by Gasteiger charge is 2.52. The molecule has 0 aromatic carbocycles.